The average Bonchev–Trinajstić information content (AvgIpc) is 2.13. The molecule has 1 atom stereocenters. The first-order valence-corrected chi connectivity index (χ1v) is 9.75. The van der Waals surface area contributed by atoms with Gasteiger partial charge in [-0.15, -0.1) is 6.58 Å². The summed E-state index contributed by atoms with van der Waals surface area (Å²) in [4.78, 5) is 0. The summed E-state index contributed by atoms with van der Waals surface area (Å²) in [6, 6.07) is 0. The molecule has 1 unspecified atom stereocenters. The molecule has 0 aliphatic heterocycles. The van der Waals surface area contributed by atoms with Crippen LogP contribution < -0.4 is 0 Å². The van der Waals surface area contributed by atoms with Crippen molar-refractivity contribution in [3.05, 3.63) is 24.8 Å². The molecule has 0 saturated heterocycles. The fourth-order valence-electron chi connectivity index (χ4n) is 1.75. The Kier molecular flexibility index (Phi) is 7.69. The van der Waals surface area contributed by atoms with Crippen molar-refractivity contribution in [2.24, 2.45) is 0 Å². The first kappa shape index (κ1) is 15.7. The molecule has 0 N–H and O–H groups in total. The molecule has 0 radical (unpaired) electrons. The smallest absolute Gasteiger partial charge is 0.184 e. The van der Waals surface area contributed by atoms with E-state index in [4.69, 9.17) is 4.43 Å². The van der Waals surface area contributed by atoms with Gasteiger partial charge in [-0.2, -0.15) is 0 Å². The maximum absolute atomic E-state index is 6.13. The molecule has 0 spiro atoms. The van der Waals surface area contributed by atoms with Crippen LogP contribution in [0.15, 0.2) is 24.8 Å². The van der Waals surface area contributed by atoms with E-state index in [0.29, 0.717) is 6.10 Å². The lowest BCUT2D eigenvalue weighted by Gasteiger charge is -2.26. The van der Waals surface area contributed by atoms with E-state index in [1.807, 2.05) is 6.08 Å². The second kappa shape index (κ2) is 7.85. The summed E-state index contributed by atoms with van der Waals surface area (Å²) in [5, 5.41) is 0. The monoisotopic (exact) mass is 240 g/mol. The van der Waals surface area contributed by atoms with E-state index in [1.54, 1.807) is 0 Å². The lowest BCUT2D eigenvalue weighted by molar-refractivity contribution is 0.187. The molecule has 94 valence electrons. The molecule has 0 fully saturated rings. The van der Waals surface area contributed by atoms with Gasteiger partial charge in [0.1, 0.15) is 0 Å². The molecule has 1 nitrogen and oxygen atoms in total. The molecule has 0 aliphatic carbocycles. The summed E-state index contributed by atoms with van der Waals surface area (Å²) in [7, 11) is -1.43. The SMILES string of the molecule is C=CCC(CCC(=C)CCC)O[Si](C)(C)C. The van der Waals surface area contributed by atoms with Gasteiger partial charge in [0.15, 0.2) is 8.32 Å². The van der Waals surface area contributed by atoms with E-state index in [1.165, 1.54) is 12.0 Å². The molecule has 0 aromatic rings. The van der Waals surface area contributed by atoms with Gasteiger partial charge in [0, 0.05) is 6.10 Å². The molecule has 0 aromatic carbocycles. The zero-order chi connectivity index (χ0) is 12.6. The van der Waals surface area contributed by atoms with E-state index in [2.05, 4.69) is 39.7 Å². The van der Waals surface area contributed by atoms with Crippen molar-refractivity contribution >= 4 is 8.32 Å². The molecule has 0 aromatic heterocycles. The normalized spacial score (nSPS) is 13.5. The van der Waals surface area contributed by atoms with E-state index >= 15 is 0 Å². The first-order valence-electron chi connectivity index (χ1n) is 6.34. The average molecular weight is 240 g/mol. The lowest BCUT2D eigenvalue weighted by atomic mass is 10.0. The van der Waals surface area contributed by atoms with Gasteiger partial charge in [0.25, 0.3) is 0 Å². The van der Waals surface area contributed by atoms with Crippen LogP contribution in [-0.4, -0.2) is 14.4 Å². The molecular weight excluding hydrogens is 212 g/mol. The number of rotatable bonds is 9. The van der Waals surface area contributed by atoms with Crippen molar-refractivity contribution in [1.29, 1.82) is 0 Å². The van der Waals surface area contributed by atoms with Crippen LogP contribution in [0, 0.1) is 0 Å². The Labute approximate surface area is 103 Å². The third-order valence-corrected chi connectivity index (χ3v) is 3.41. The van der Waals surface area contributed by atoms with Crippen molar-refractivity contribution in [3.63, 3.8) is 0 Å². The molecule has 0 saturated carbocycles. The van der Waals surface area contributed by atoms with Gasteiger partial charge in [0.2, 0.25) is 0 Å². The van der Waals surface area contributed by atoms with Crippen LogP contribution >= 0.6 is 0 Å². The van der Waals surface area contributed by atoms with Gasteiger partial charge in [-0.3, -0.25) is 0 Å². The number of hydrogen-bond acceptors (Lipinski definition) is 1. The third kappa shape index (κ3) is 8.92. The van der Waals surface area contributed by atoms with Crippen molar-refractivity contribution < 1.29 is 4.43 Å². The Morgan fingerprint density at radius 2 is 1.94 bits per heavy atom. The summed E-state index contributed by atoms with van der Waals surface area (Å²) in [6.07, 6.45) is 7.80. The van der Waals surface area contributed by atoms with Crippen molar-refractivity contribution in [2.45, 2.75) is 64.8 Å². The van der Waals surface area contributed by atoms with Gasteiger partial charge in [-0.1, -0.05) is 31.6 Å². The van der Waals surface area contributed by atoms with Crippen LogP contribution in [0.3, 0.4) is 0 Å². The summed E-state index contributed by atoms with van der Waals surface area (Å²) in [6.45, 7) is 16.8. The van der Waals surface area contributed by atoms with E-state index < -0.39 is 8.32 Å². The van der Waals surface area contributed by atoms with Crippen molar-refractivity contribution in [1.82, 2.24) is 0 Å². The van der Waals surface area contributed by atoms with Crippen molar-refractivity contribution in [2.75, 3.05) is 0 Å². The van der Waals surface area contributed by atoms with Crippen LogP contribution in [0.5, 0.6) is 0 Å². The second-order valence-electron chi connectivity index (χ2n) is 5.42. The Bertz CT molecular complexity index is 215. The molecule has 0 amide bonds. The minimum atomic E-state index is -1.43. The third-order valence-electron chi connectivity index (χ3n) is 2.37. The molecule has 0 bridgehead atoms. The number of hydrogen-bond donors (Lipinski definition) is 0. The molecular formula is C14H28OSi. The topological polar surface area (TPSA) is 9.23 Å². The van der Waals surface area contributed by atoms with Crippen molar-refractivity contribution in [3.8, 4) is 0 Å². The van der Waals surface area contributed by atoms with Gasteiger partial charge < -0.3 is 4.43 Å². The zero-order valence-corrected chi connectivity index (χ0v) is 12.5. The summed E-state index contributed by atoms with van der Waals surface area (Å²) in [5.41, 5.74) is 1.36. The van der Waals surface area contributed by atoms with Gasteiger partial charge in [0.05, 0.1) is 0 Å². The zero-order valence-electron chi connectivity index (χ0n) is 11.5. The van der Waals surface area contributed by atoms with Crippen LogP contribution in [0.2, 0.25) is 19.6 Å². The largest absolute Gasteiger partial charge is 0.414 e. The van der Waals surface area contributed by atoms with Gasteiger partial charge in [-0.05, 0) is 45.3 Å². The predicted molar refractivity (Wildman–Crippen MR) is 76.3 cm³/mol. The summed E-state index contributed by atoms with van der Waals surface area (Å²) < 4.78 is 6.13. The quantitative estimate of drug-likeness (QED) is 0.410. The highest BCUT2D eigenvalue weighted by Crippen LogP contribution is 2.18. The van der Waals surface area contributed by atoms with E-state index in [9.17, 15) is 0 Å². The highest BCUT2D eigenvalue weighted by molar-refractivity contribution is 6.69. The van der Waals surface area contributed by atoms with E-state index in [0.717, 1.165) is 25.7 Å². The standard InChI is InChI=1S/C14H28OSi/c1-7-9-13(3)11-12-14(10-8-2)15-16(4,5)6/h8,14H,2-3,7,9-12H2,1,4-6H3. The molecule has 16 heavy (non-hydrogen) atoms. The van der Waals surface area contributed by atoms with Crippen LogP contribution in [-0.2, 0) is 4.43 Å². The van der Waals surface area contributed by atoms with Crippen LogP contribution in [0.1, 0.15) is 39.0 Å². The maximum atomic E-state index is 6.13. The minimum Gasteiger partial charge on any atom is -0.414 e. The van der Waals surface area contributed by atoms with Crippen LogP contribution in [0.4, 0.5) is 0 Å². The Morgan fingerprint density at radius 3 is 2.38 bits per heavy atom. The Balaban J connectivity index is 4.03. The fraction of sp³-hybridized carbons (Fsp3) is 0.714. The maximum Gasteiger partial charge on any atom is 0.184 e. The predicted octanol–water partition coefficient (Wildman–Crippen LogP) is 4.92. The second-order valence-corrected chi connectivity index (χ2v) is 9.88. The summed E-state index contributed by atoms with van der Waals surface area (Å²) in [5.74, 6) is 0. The Hall–Kier alpha value is -0.343. The molecule has 0 aliphatic rings. The fourth-order valence-corrected chi connectivity index (χ4v) is 2.97. The van der Waals surface area contributed by atoms with E-state index in [-0.39, 0.29) is 0 Å². The Morgan fingerprint density at radius 1 is 1.31 bits per heavy atom. The minimum absolute atomic E-state index is 0.345. The lowest BCUT2D eigenvalue weighted by Crippen LogP contribution is -2.31. The highest BCUT2D eigenvalue weighted by atomic mass is 28.4. The highest BCUT2D eigenvalue weighted by Gasteiger charge is 2.20. The molecule has 2 heteroatoms. The molecule has 0 heterocycles. The molecule has 0 rings (SSSR count). The summed E-state index contributed by atoms with van der Waals surface area (Å²) >= 11 is 0. The first-order chi connectivity index (χ1) is 7.39. The number of allylic oxidation sites excluding steroid dienone is 1. The van der Waals surface area contributed by atoms with Gasteiger partial charge >= 0.3 is 0 Å². The van der Waals surface area contributed by atoms with Crippen LogP contribution in [0.25, 0.3) is 0 Å². The van der Waals surface area contributed by atoms with Gasteiger partial charge in [-0.25, -0.2) is 0 Å².